The largest absolute Gasteiger partial charge is 0.461 e. The number of hydrogen-bond donors (Lipinski definition) is 4. The van der Waals surface area contributed by atoms with Gasteiger partial charge in [-0.05, 0) is 107 Å². The number of alkyl carbamates (subject to hydrolysis) is 2. The second-order valence-electron chi connectivity index (χ2n) is 15.6. The molecule has 2 amide bonds. The van der Waals surface area contributed by atoms with Gasteiger partial charge >= 0.3 is 24.1 Å². The summed E-state index contributed by atoms with van der Waals surface area (Å²) in [4.78, 5) is 49.4. The molecule has 0 saturated carbocycles. The van der Waals surface area contributed by atoms with Crippen molar-refractivity contribution in [3.05, 3.63) is 71.8 Å². The lowest BCUT2D eigenvalue weighted by atomic mass is 9.87. The molecule has 52 heavy (non-hydrogen) atoms. The highest BCUT2D eigenvalue weighted by molar-refractivity contribution is 5.82. The van der Waals surface area contributed by atoms with Gasteiger partial charge in [-0.1, -0.05) is 60.7 Å². The van der Waals surface area contributed by atoms with Crippen molar-refractivity contribution in [3.63, 3.8) is 0 Å². The standard InChI is InChI=1S/2C20H32N2O4/c2*1-13(2)25-18(23)17(22-19(24)26-20(4,5)6)12-16(14(3)21)15-10-8-7-9-11-15/h2*7-11,13-14,16-17H,12,21H2,1-6H3,(H,22,24)/t14-,16-,17+;14-,16-,17-/m11/s1. The average Bonchev–Trinajstić information content (AvgIpc) is 2.99. The summed E-state index contributed by atoms with van der Waals surface area (Å²) in [5.41, 5.74) is 13.0. The van der Waals surface area contributed by atoms with Gasteiger partial charge < -0.3 is 41.0 Å². The molecule has 2 aromatic rings. The van der Waals surface area contributed by atoms with Crippen LogP contribution in [0, 0.1) is 0 Å². The molecular formula is C40H64N4O8. The molecule has 292 valence electrons. The number of nitrogens with two attached hydrogens (primary N) is 2. The van der Waals surface area contributed by atoms with Crippen LogP contribution in [-0.2, 0) is 28.5 Å². The van der Waals surface area contributed by atoms with Gasteiger partial charge in [-0.3, -0.25) is 0 Å². The van der Waals surface area contributed by atoms with Crippen LogP contribution in [0.25, 0.3) is 0 Å². The second kappa shape index (κ2) is 21.4. The Labute approximate surface area is 311 Å². The topological polar surface area (TPSA) is 181 Å². The Bertz CT molecular complexity index is 1260. The van der Waals surface area contributed by atoms with Crippen LogP contribution in [0.4, 0.5) is 9.59 Å². The normalized spacial score (nSPS) is 15.1. The van der Waals surface area contributed by atoms with Crippen LogP contribution in [0.3, 0.4) is 0 Å². The van der Waals surface area contributed by atoms with Gasteiger partial charge in [0.2, 0.25) is 0 Å². The van der Waals surface area contributed by atoms with Gasteiger partial charge in [0, 0.05) is 23.9 Å². The van der Waals surface area contributed by atoms with E-state index >= 15 is 0 Å². The first-order chi connectivity index (χ1) is 24.0. The molecule has 0 heterocycles. The lowest BCUT2D eigenvalue weighted by molar-refractivity contribution is -0.151. The summed E-state index contributed by atoms with van der Waals surface area (Å²) in [6.07, 6.45) is -1.22. The van der Waals surface area contributed by atoms with Crippen molar-refractivity contribution < 1.29 is 38.1 Å². The molecule has 0 saturated heterocycles. The Morgan fingerprint density at radius 3 is 1.08 bits per heavy atom. The van der Waals surface area contributed by atoms with E-state index in [9.17, 15) is 19.2 Å². The number of esters is 2. The molecule has 0 aliphatic heterocycles. The van der Waals surface area contributed by atoms with Gasteiger partial charge in [0.15, 0.2) is 0 Å². The van der Waals surface area contributed by atoms with E-state index in [4.69, 9.17) is 30.4 Å². The third-order valence-corrected chi connectivity index (χ3v) is 7.36. The monoisotopic (exact) mass is 728 g/mol. The molecule has 12 nitrogen and oxygen atoms in total. The zero-order valence-electron chi connectivity index (χ0n) is 33.2. The number of ether oxygens (including phenoxy) is 4. The van der Waals surface area contributed by atoms with Gasteiger partial charge in [0.05, 0.1) is 12.2 Å². The van der Waals surface area contributed by atoms with Crippen LogP contribution in [0.2, 0.25) is 0 Å². The Morgan fingerprint density at radius 2 is 0.846 bits per heavy atom. The number of rotatable bonds is 14. The van der Waals surface area contributed by atoms with Crippen molar-refractivity contribution in [2.45, 2.75) is 155 Å². The zero-order valence-corrected chi connectivity index (χ0v) is 33.2. The SMILES string of the molecule is CC(C)OC(=O)[C@@H](C[C@@H](c1ccccc1)[C@@H](C)N)NC(=O)OC(C)(C)C.CC(C)OC(=O)[C@H](C[C@@H](c1ccccc1)[C@@H](C)N)NC(=O)OC(C)(C)C. The molecule has 12 heteroatoms. The minimum Gasteiger partial charge on any atom is -0.461 e. The average molecular weight is 729 g/mol. The number of amides is 2. The molecule has 0 aliphatic rings. The highest BCUT2D eigenvalue weighted by Crippen LogP contribution is 2.26. The summed E-state index contributed by atoms with van der Waals surface area (Å²) in [6.45, 7) is 21.4. The number of nitrogens with one attached hydrogen (secondary N) is 2. The van der Waals surface area contributed by atoms with Gasteiger partial charge in [-0.15, -0.1) is 0 Å². The van der Waals surface area contributed by atoms with Crippen LogP contribution >= 0.6 is 0 Å². The van der Waals surface area contributed by atoms with Crippen molar-refractivity contribution in [2.24, 2.45) is 11.5 Å². The Hall–Kier alpha value is -4.16. The van der Waals surface area contributed by atoms with Crippen LogP contribution < -0.4 is 22.1 Å². The quantitative estimate of drug-likeness (QED) is 0.121. The van der Waals surface area contributed by atoms with Crippen molar-refractivity contribution in [1.82, 2.24) is 10.6 Å². The summed E-state index contributed by atoms with van der Waals surface area (Å²) in [6, 6.07) is 17.3. The van der Waals surface area contributed by atoms with Crippen molar-refractivity contribution in [3.8, 4) is 0 Å². The molecule has 6 N–H and O–H groups in total. The van der Waals surface area contributed by atoms with Crippen molar-refractivity contribution in [2.75, 3.05) is 0 Å². The summed E-state index contributed by atoms with van der Waals surface area (Å²) in [5, 5.41) is 5.29. The van der Waals surface area contributed by atoms with E-state index in [1.165, 1.54) is 0 Å². The summed E-state index contributed by atoms with van der Waals surface area (Å²) in [5.74, 6) is -1.22. The Kier molecular flexibility index (Phi) is 18.9. The van der Waals surface area contributed by atoms with E-state index in [-0.39, 0.29) is 36.1 Å². The highest BCUT2D eigenvalue weighted by atomic mass is 16.6. The molecule has 2 rings (SSSR count). The summed E-state index contributed by atoms with van der Waals surface area (Å²) >= 11 is 0. The Balaban J connectivity index is 0.000000520. The molecule has 0 fully saturated rings. The lowest BCUT2D eigenvalue weighted by Crippen LogP contribution is -2.46. The van der Waals surface area contributed by atoms with Crippen LogP contribution in [-0.4, -0.2) is 71.7 Å². The second-order valence-corrected chi connectivity index (χ2v) is 15.6. The van der Waals surface area contributed by atoms with Gasteiger partial charge in [0.1, 0.15) is 23.3 Å². The summed E-state index contributed by atoms with van der Waals surface area (Å²) in [7, 11) is 0. The fraction of sp³-hybridized carbons (Fsp3) is 0.600. The van der Waals surface area contributed by atoms with Crippen LogP contribution in [0.5, 0.6) is 0 Å². The molecule has 0 aromatic heterocycles. The molecular weight excluding hydrogens is 664 g/mol. The Morgan fingerprint density at radius 1 is 0.558 bits per heavy atom. The maximum atomic E-state index is 12.5. The number of hydrogen-bond acceptors (Lipinski definition) is 10. The number of benzene rings is 2. The number of carbonyl (C=O) groups excluding carboxylic acids is 4. The zero-order chi connectivity index (χ0) is 39.8. The molecule has 0 radical (unpaired) electrons. The third-order valence-electron chi connectivity index (χ3n) is 7.36. The first kappa shape index (κ1) is 45.9. The van der Waals surface area contributed by atoms with E-state index in [1.807, 2.05) is 74.5 Å². The predicted molar refractivity (Wildman–Crippen MR) is 204 cm³/mol. The molecule has 0 unspecified atom stereocenters. The van der Waals surface area contributed by atoms with E-state index in [0.29, 0.717) is 12.8 Å². The van der Waals surface area contributed by atoms with E-state index in [1.54, 1.807) is 69.2 Å². The minimum atomic E-state index is -0.844. The maximum absolute atomic E-state index is 12.5. The van der Waals surface area contributed by atoms with Crippen LogP contribution in [0.15, 0.2) is 60.7 Å². The van der Waals surface area contributed by atoms with Gasteiger partial charge in [0.25, 0.3) is 0 Å². The molecule has 0 bridgehead atoms. The fourth-order valence-corrected chi connectivity index (χ4v) is 5.17. The predicted octanol–water partition coefficient (Wildman–Crippen LogP) is 6.70. The van der Waals surface area contributed by atoms with E-state index < -0.39 is 47.4 Å². The first-order valence-electron chi connectivity index (χ1n) is 18.0. The minimum absolute atomic E-state index is 0.115. The van der Waals surface area contributed by atoms with Gasteiger partial charge in [-0.25, -0.2) is 19.2 Å². The fourth-order valence-electron chi connectivity index (χ4n) is 5.17. The van der Waals surface area contributed by atoms with Gasteiger partial charge in [-0.2, -0.15) is 0 Å². The van der Waals surface area contributed by atoms with E-state index in [2.05, 4.69) is 10.6 Å². The molecule has 6 atom stereocenters. The highest BCUT2D eigenvalue weighted by Gasteiger charge is 2.32. The first-order valence-corrected chi connectivity index (χ1v) is 18.0. The smallest absolute Gasteiger partial charge is 0.408 e. The van der Waals surface area contributed by atoms with Crippen LogP contribution in [0.1, 0.15) is 119 Å². The van der Waals surface area contributed by atoms with Crippen molar-refractivity contribution >= 4 is 24.1 Å². The lowest BCUT2D eigenvalue weighted by Gasteiger charge is -2.28. The number of carbonyl (C=O) groups is 4. The van der Waals surface area contributed by atoms with E-state index in [0.717, 1.165) is 11.1 Å². The molecule has 2 aromatic carbocycles. The maximum Gasteiger partial charge on any atom is 0.408 e. The summed E-state index contributed by atoms with van der Waals surface area (Å²) < 4.78 is 21.2. The molecule has 0 aliphatic carbocycles. The van der Waals surface area contributed by atoms with Crippen molar-refractivity contribution in [1.29, 1.82) is 0 Å². The molecule has 0 spiro atoms. The third kappa shape index (κ3) is 18.9.